The van der Waals surface area contributed by atoms with Gasteiger partial charge in [-0.2, -0.15) is 0 Å². The lowest BCUT2D eigenvalue weighted by Gasteiger charge is -2.15. The van der Waals surface area contributed by atoms with Gasteiger partial charge in [0.05, 0.1) is 11.1 Å². The van der Waals surface area contributed by atoms with Crippen molar-refractivity contribution in [2.24, 2.45) is 0 Å². The van der Waals surface area contributed by atoms with Crippen molar-refractivity contribution < 1.29 is 31.1 Å². The maximum atomic E-state index is 15.1. The van der Waals surface area contributed by atoms with E-state index >= 15 is 8.78 Å². The molecule has 0 aromatic heterocycles. The van der Waals surface area contributed by atoms with Crippen molar-refractivity contribution in [1.82, 2.24) is 0 Å². The molecule has 34 heavy (non-hydrogen) atoms. The van der Waals surface area contributed by atoms with Crippen molar-refractivity contribution in [3.8, 4) is 22.3 Å². The summed E-state index contributed by atoms with van der Waals surface area (Å²) in [6.07, 6.45) is -0.206. The van der Waals surface area contributed by atoms with Gasteiger partial charge in [-0.25, -0.2) is 26.3 Å². The summed E-state index contributed by atoms with van der Waals surface area (Å²) in [7, 11) is 0. The van der Waals surface area contributed by atoms with Crippen molar-refractivity contribution in [3.63, 3.8) is 0 Å². The molecule has 0 amide bonds. The zero-order valence-electron chi connectivity index (χ0n) is 17.2. The predicted octanol–water partition coefficient (Wildman–Crippen LogP) is 6.89. The van der Waals surface area contributed by atoms with Gasteiger partial charge in [0.25, 0.3) is 0 Å². The topological polar surface area (TPSA) is 17.1 Å². The first-order chi connectivity index (χ1) is 16.3. The molecule has 6 rings (SSSR count). The van der Waals surface area contributed by atoms with E-state index in [0.717, 1.165) is 0 Å². The number of hydrogen-bond donors (Lipinski definition) is 0. The summed E-state index contributed by atoms with van der Waals surface area (Å²) in [6, 6.07) is 12.7. The maximum absolute atomic E-state index is 15.1. The van der Waals surface area contributed by atoms with E-state index in [1.807, 2.05) is 0 Å². The first-order valence-corrected chi connectivity index (χ1v) is 10.4. The molecule has 0 N–H and O–H groups in total. The monoisotopic (exact) mass is 466 g/mol. The van der Waals surface area contributed by atoms with Crippen LogP contribution in [0.25, 0.3) is 22.3 Å². The van der Waals surface area contributed by atoms with Crippen molar-refractivity contribution >= 4 is 5.78 Å². The first kappa shape index (κ1) is 20.7. The fourth-order valence-corrected chi connectivity index (χ4v) is 5.14. The normalized spacial score (nSPS) is 12.9. The minimum atomic E-state index is -1.89. The largest absolute Gasteiger partial charge is 0.288 e. The number of hydrogen-bond acceptors (Lipinski definition) is 1. The number of carbonyl (C=O) groups excluding carboxylic acids is 1. The molecule has 1 nitrogen and oxygen atoms in total. The van der Waals surface area contributed by atoms with Crippen LogP contribution in [-0.4, -0.2) is 5.78 Å². The van der Waals surface area contributed by atoms with Crippen LogP contribution in [0, 0.1) is 34.9 Å². The second-order valence-electron chi connectivity index (χ2n) is 8.34. The average molecular weight is 466 g/mol. The van der Waals surface area contributed by atoms with Crippen LogP contribution in [0.1, 0.15) is 38.2 Å². The molecule has 0 unspecified atom stereocenters. The maximum Gasteiger partial charge on any atom is 0.199 e. The fraction of sp³-hybridized carbons (Fsp3) is 0.0741. The van der Waals surface area contributed by atoms with Crippen molar-refractivity contribution in [2.45, 2.75) is 12.8 Å². The molecular weight excluding hydrogens is 454 g/mol. The summed E-state index contributed by atoms with van der Waals surface area (Å²) in [6.45, 7) is 0. The summed E-state index contributed by atoms with van der Waals surface area (Å²) in [5.41, 5.74) is -1.04. The minimum absolute atomic E-state index is 0.103. The van der Waals surface area contributed by atoms with Crippen LogP contribution in [0.4, 0.5) is 26.3 Å². The van der Waals surface area contributed by atoms with Gasteiger partial charge in [-0.15, -0.1) is 0 Å². The second kappa shape index (κ2) is 7.06. The van der Waals surface area contributed by atoms with Gasteiger partial charge in [0.2, 0.25) is 0 Å². The Balaban J connectivity index is 1.64. The lowest BCUT2D eigenvalue weighted by molar-refractivity contribution is 0.102. The van der Waals surface area contributed by atoms with E-state index in [1.165, 1.54) is 12.1 Å². The van der Waals surface area contributed by atoms with Gasteiger partial charge in [-0.3, -0.25) is 4.79 Å². The van der Waals surface area contributed by atoms with Crippen LogP contribution in [0.15, 0.2) is 48.5 Å². The quantitative estimate of drug-likeness (QED) is 0.154. The van der Waals surface area contributed by atoms with Crippen LogP contribution >= 0.6 is 0 Å². The summed E-state index contributed by atoms with van der Waals surface area (Å²) >= 11 is 0. The molecule has 0 aliphatic heterocycles. The van der Waals surface area contributed by atoms with Crippen LogP contribution in [-0.2, 0) is 12.8 Å². The second-order valence-corrected chi connectivity index (χ2v) is 8.34. The summed E-state index contributed by atoms with van der Waals surface area (Å²) in [5.74, 6) is -11.6. The molecule has 0 saturated carbocycles. The Labute approximate surface area is 189 Å². The van der Waals surface area contributed by atoms with Gasteiger partial charge in [-0.1, -0.05) is 48.5 Å². The van der Waals surface area contributed by atoms with Gasteiger partial charge in [0.1, 0.15) is 0 Å². The zero-order chi connectivity index (χ0) is 23.9. The first-order valence-electron chi connectivity index (χ1n) is 10.4. The van der Waals surface area contributed by atoms with Gasteiger partial charge in [-0.05, 0) is 46.2 Å². The molecular formula is C27H12F6O. The van der Waals surface area contributed by atoms with E-state index in [-0.39, 0.29) is 46.2 Å². The third-order valence-corrected chi connectivity index (χ3v) is 6.62. The molecule has 4 aromatic rings. The number of fused-ring (bicyclic) bond motifs is 6. The van der Waals surface area contributed by atoms with E-state index in [1.54, 1.807) is 36.4 Å². The molecule has 0 saturated heterocycles. The highest BCUT2D eigenvalue weighted by Crippen LogP contribution is 2.46. The Morgan fingerprint density at radius 1 is 0.529 bits per heavy atom. The number of carbonyl (C=O) groups is 1. The lowest BCUT2D eigenvalue weighted by Crippen LogP contribution is -2.17. The smallest absolute Gasteiger partial charge is 0.199 e. The van der Waals surface area contributed by atoms with Crippen molar-refractivity contribution in [3.05, 3.63) is 117 Å². The Kier molecular flexibility index (Phi) is 4.30. The average Bonchev–Trinajstić information content (AvgIpc) is 3.40. The highest BCUT2D eigenvalue weighted by molar-refractivity contribution is 6.14. The zero-order valence-corrected chi connectivity index (χ0v) is 17.2. The molecule has 2 aliphatic rings. The highest BCUT2D eigenvalue weighted by Gasteiger charge is 2.39. The van der Waals surface area contributed by atoms with Crippen molar-refractivity contribution in [1.29, 1.82) is 0 Å². The molecule has 0 bridgehead atoms. The fourth-order valence-electron chi connectivity index (χ4n) is 5.14. The van der Waals surface area contributed by atoms with E-state index in [9.17, 15) is 22.4 Å². The molecule has 4 aromatic carbocycles. The number of ketones is 1. The van der Waals surface area contributed by atoms with E-state index in [4.69, 9.17) is 0 Å². The SMILES string of the molecule is O=C(c1c(F)c(F)c(F)c2c1Cc1ccccc1-2)c1c(F)c(F)c(F)c2c1Cc1ccccc1-2. The van der Waals surface area contributed by atoms with E-state index in [0.29, 0.717) is 11.1 Å². The Morgan fingerprint density at radius 2 is 0.912 bits per heavy atom. The number of halogens is 6. The third kappa shape index (κ3) is 2.55. The van der Waals surface area contributed by atoms with Crippen LogP contribution in [0.5, 0.6) is 0 Å². The lowest BCUT2D eigenvalue weighted by atomic mass is 9.89. The molecule has 0 fully saturated rings. The Morgan fingerprint density at radius 3 is 1.32 bits per heavy atom. The highest BCUT2D eigenvalue weighted by atomic mass is 19.2. The van der Waals surface area contributed by atoms with Gasteiger partial charge in [0, 0.05) is 11.1 Å². The molecule has 0 atom stereocenters. The van der Waals surface area contributed by atoms with Crippen LogP contribution in [0.3, 0.4) is 0 Å². The number of benzene rings is 4. The summed E-state index contributed by atoms with van der Waals surface area (Å²) in [4.78, 5) is 13.6. The summed E-state index contributed by atoms with van der Waals surface area (Å²) in [5, 5.41) is 0. The van der Waals surface area contributed by atoms with Gasteiger partial charge < -0.3 is 0 Å². The minimum Gasteiger partial charge on any atom is -0.288 e. The molecule has 0 radical (unpaired) electrons. The third-order valence-electron chi connectivity index (χ3n) is 6.62. The Bertz CT molecular complexity index is 1470. The molecule has 7 heteroatoms. The van der Waals surface area contributed by atoms with Gasteiger partial charge >= 0.3 is 0 Å². The van der Waals surface area contributed by atoms with Gasteiger partial charge in [0.15, 0.2) is 40.7 Å². The molecule has 168 valence electrons. The molecule has 2 aliphatic carbocycles. The summed E-state index contributed by atoms with van der Waals surface area (Å²) < 4.78 is 88.9. The molecule has 0 spiro atoms. The Hall–Kier alpha value is -3.87. The van der Waals surface area contributed by atoms with E-state index in [2.05, 4.69) is 0 Å². The standard InChI is InChI=1S/C27H12F6O/c28-21-17-13-7-3-1-5-11(13)9-15(17)19(23(30)25(21)32)27(34)20-16-10-12-6-2-4-8-14(12)18(16)22(29)26(33)24(20)31/h1-8H,9-10H2. The van der Waals surface area contributed by atoms with Crippen LogP contribution in [0.2, 0.25) is 0 Å². The van der Waals surface area contributed by atoms with E-state index < -0.39 is 51.8 Å². The van der Waals surface area contributed by atoms with Crippen molar-refractivity contribution in [2.75, 3.05) is 0 Å². The molecule has 0 heterocycles. The number of rotatable bonds is 2. The predicted molar refractivity (Wildman–Crippen MR) is 113 cm³/mol. The van der Waals surface area contributed by atoms with Crippen LogP contribution < -0.4 is 0 Å².